The fourth-order valence-corrected chi connectivity index (χ4v) is 15.4. The summed E-state index contributed by atoms with van der Waals surface area (Å²) in [4.78, 5) is 0. The van der Waals surface area contributed by atoms with Gasteiger partial charge in [0.1, 0.15) is 0 Å². The molecule has 72 heavy (non-hydrogen) atoms. The highest BCUT2D eigenvalue weighted by atomic mass is 35.5. The van der Waals surface area contributed by atoms with Crippen LogP contribution in [0, 0.1) is 5.92 Å². The van der Waals surface area contributed by atoms with Crippen molar-refractivity contribution in [2.24, 2.45) is 5.92 Å². The number of allylic oxidation sites excluding steroid dienone is 4. The molecule has 1 heterocycles. The van der Waals surface area contributed by atoms with Crippen molar-refractivity contribution in [2.75, 3.05) is 0 Å². The maximum absolute atomic E-state index is 7.56. The largest absolute Gasteiger partial charge is 0.312 e. The van der Waals surface area contributed by atoms with Gasteiger partial charge in [-0.15, -0.1) is 0 Å². The van der Waals surface area contributed by atoms with Gasteiger partial charge in [-0.2, -0.15) is 0 Å². The van der Waals surface area contributed by atoms with Crippen LogP contribution in [0.3, 0.4) is 0 Å². The second-order valence-electron chi connectivity index (χ2n) is 20.1. The van der Waals surface area contributed by atoms with Crippen molar-refractivity contribution in [3.05, 3.63) is 290 Å². The molecule has 5 aliphatic carbocycles. The molecule has 1 aromatic heterocycles. The third-order valence-electron chi connectivity index (χ3n) is 17.1. The third kappa shape index (κ3) is 5.01. The van der Waals surface area contributed by atoms with E-state index in [9.17, 15) is 0 Å². The Morgan fingerprint density at radius 3 is 1.86 bits per heavy atom. The predicted octanol–water partition coefficient (Wildman–Crippen LogP) is 18.6. The molecule has 10 aromatic carbocycles. The Kier molecular flexibility index (Phi) is 8.38. The van der Waals surface area contributed by atoms with E-state index in [2.05, 4.69) is 235 Å². The fraction of sp³-hybridized carbons (Fsp3) is 0.0588. The van der Waals surface area contributed by atoms with E-state index in [4.69, 9.17) is 34.8 Å². The van der Waals surface area contributed by atoms with Gasteiger partial charge in [-0.25, -0.2) is 0 Å². The van der Waals surface area contributed by atoms with Gasteiger partial charge in [-0.3, -0.25) is 0 Å². The standard InChI is InChI=1S/C68H40Cl3N/c69-41-32-33-48-57(37-41)67(56-27-14-30-62(65(48)56)72-60-29-11-7-19-45(60)50-35-40(31-34-61(50)72)39-15-2-1-3-16-39)54-25-10-6-20-47(54)63-46(21-12-26-55(63)67)51-36-42(70)38-58-64(51)49-22-13-28-59(71)66(49)68(58)52-23-8-4-17-43(52)44-18-5-9-24-53(44)68/h1-38,56,65H. The van der Waals surface area contributed by atoms with Crippen LogP contribution in [0.15, 0.2) is 231 Å². The first-order valence-corrected chi connectivity index (χ1v) is 25.9. The van der Waals surface area contributed by atoms with Crippen molar-refractivity contribution in [1.82, 2.24) is 4.57 Å². The molecule has 16 rings (SSSR count). The molecule has 11 aromatic rings. The van der Waals surface area contributed by atoms with E-state index in [1.54, 1.807) is 0 Å². The van der Waals surface area contributed by atoms with Gasteiger partial charge in [0.05, 0.1) is 21.9 Å². The summed E-state index contributed by atoms with van der Waals surface area (Å²) in [6, 6.07) is 77.9. The van der Waals surface area contributed by atoms with Gasteiger partial charge in [0, 0.05) is 43.4 Å². The topological polar surface area (TPSA) is 4.93 Å². The molecule has 0 radical (unpaired) electrons. The van der Waals surface area contributed by atoms with Gasteiger partial charge in [-0.1, -0.05) is 211 Å². The summed E-state index contributed by atoms with van der Waals surface area (Å²) in [6.45, 7) is 0. The summed E-state index contributed by atoms with van der Waals surface area (Å²) in [5.41, 5.74) is 24.2. The molecule has 0 bridgehead atoms. The van der Waals surface area contributed by atoms with Crippen LogP contribution in [0.1, 0.15) is 50.4 Å². The third-order valence-corrected chi connectivity index (χ3v) is 17.9. The summed E-state index contributed by atoms with van der Waals surface area (Å²) >= 11 is 22.3. The van der Waals surface area contributed by atoms with E-state index in [1.165, 1.54) is 99.8 Å². The summed E-state index contributed by atoms with van der Waals surface area (Å²) in [5, 5.41) is 4.66. The Bertz CT molecular complexity index is 4240. The molecule has 0 saturated heterocycles. The molecule has 0 aliphatic heterocycles. The smallest absolute Gasteiger partial charge is 0.0740 e. The number of hydrogen-bond donors (Lipinski definition) is 0. The number of rotatable bonds is 3. The summed E-state index contributed by atoms with van der Waals surface area (Å²) in [5.74, 6) is 0.0207. The Balaban J connectivity index is 0.948. The minimum atomic E-state index is -0.660. The van der Waals surface area contributed by atoms with Crippen LogP contribution in [-0.2, 0) is 10.8 Å². The van der Waals surface area contributed by atoms with Crippen LogP contribution in [0.25, 0.3) is 83.1 Å². The SMILES string of the molecule is Clc1cc(-c2cccc3c2-c2ccccc2C32c3cc(Cl)ccc3C3C(n4c5ccccc5c5cc(-c6ccccc6)ccc54)=CC=CC32)c2c(c1)C1(c3ccccc3-c3ccccc31)c1c(Cl)cccc1-2. The minimum absolute atomic E-state index is 0.00420. The van der Waals surface area contributed by atoms with E-state index in [-0.39, 0.29) is 11.8 Å². The van der Waals surface area contributed by atoms with Crippen molar-refractivity contribution in [3.8, 4) is 55.6 Å². The van der Waals surface area contributed by atoms with Gasteiger partial charge in [0.15, 0.2) is 0 Å². The predicted molar refractivity (Wildman–Crippen MR) is 299 cm³/mol. The normalized spacial score (nSPS) is 18.7. The van der Waals surface area contributed by atoms with Crippen LogP contribution in [0.2, 0.25) is 15.1 Å². The molecule has 0 saturated carbocycles. The zero-order chi connectivity index (χ0) is 47.6. The highest BCUT2D eigenvalue weighted by molar-refractivity contribution is 6.33. The second-order valence-corrected chi connectivity index (χ2v) is 21.4. The molecular weight excluding hydrogens is 937 g/mol. The average molecular weight is 977 g/mol. The van der Waals surface area contributed by atoms with Crippen molar-refractivity contribution in [2.45, 2.75) is 16.7 Å². The molecule has 1 nitrogen and oxygen atoms in total. The van der Waals surface area contributed by atoms with Gasteiger partial charge in [0.25, 0.3) is 0 Å². The number of fused-ring (bicyclic) bond motifs is 23. The van der Waals surface area contributed by atoms with Crippen molar-refractivity contribution >= 4 is 62.3 Å². The molecule has 4 heteroatoms. The summed E-state index contributed by atoms with van der Waals surface area (Å²) < 4.78 is 2.54. The van der Waals surface area contributed by atoms with Crippen LogP contribution in [0.4, 0.5) is 0 Å². The van der Waals surface area contributed by atoms with Crippen LogP contribution in [-0.4, -0.2) is 4.57 Å². The summed E-state index contributed by atoms with van der Waals surface area (Å²) in [7, 11) is 0. The molecule has 0 amide bonds. The fourth-order valence-electron chi connectivity index (χ4n) is 14.7. The van der Waals surface area contributed by atoms with Crippen LogP contribution >= 0.6 is 34.8 Å². The van der Waals surface area contributed by atoms with Gasteiger partial charge in [-0.05, 0) is 155 Å². The second kappa shape index (κ2) is 14.7. The van der Waals surface area contributed by atoms with Gasteiger partial charge in [0.2, 0.25) is 0 Å². The minimum Gasteiger partial charge on any atom is -0.312 e. The van der Waals surface area contributed by atoms with E-state index in [0.29, 0.717) is 5.02 Å². The van der Waals surface area contributed by atoms with E-state index in [1.807, 2.05) is 0 Å². The van der Waals surface area contributed by atoms with Crippen molar-refractivity contribution in [3.63, 3.8) is 0 Å². The molecule has 3 atom stereocenters. The lowest BCUT2D eigenvalue weighted by atomic mass is 9.65. The average Bonchev–Trinajstić information content (AvgIpc) is 4.19. The Morgan fingerprint density at radius 1 is 0.403 bits per heavy atom. The van der Waals surface area contributed by atoms with E-state index >= 15 is 0 Å². The molecule has 338 valence electrons. The Labute approximate surface area is 432 Å². The maximum atomic E-state index is 7.56. The number of aromatic nitrogens is 1. The van der Waals surface area contributed by atoms with Gasteiger partial charge >= 0.3 is 0 Å². The number of para-hydroxylation sites is 1. The van der Waals surface area contributed by atoms with Crippen LogP contribution in [0.5, 0.6) is 0 Å². The van der Waals surface area contributed by atoms with Crippen molar-refractivity contribution in [1.29, 1.82) is 0 Å². The summed E-state index contributed by atoms with van der Waals surface area (Å²) in [6.07, 6.45) is 7.16. The Morgan fingerprint density at radius 2 is 1.04 bits per heavy atom. The number of benzene rings is 10. The molecule has 0 fully saturated rings. The molecule has 5 aliphatic rings. The first-order chi connectivity index (χ1) is 35.5. The lowest BCUT2D eigenvalue weighted by molar-refractivity contribution is 0.466. The molecule has 0 N–H and O–H groups in total. The first kappa shape index (κ1) is 41.0. The van der Waals surface area contributed by atoms with E-state index in [0.717, 1.165) is 37.9 Å². The maximum Gasteiger partial charge on any atom is 0.0740 e. The zero-order valence-corrected chi connectivity index (χ0v) is 40.9. The number of hydrogen-bond acceptors (Lipinski definition) is 0. The van der Waals surface area contributed by atoms with Crippen LogP contribution < -0.4 is 0 Å². The quantitative estimate of drug-likeness (QED) is 0.166. The molecular formula is C68H40Cl3N. The van der Waals surface area contributed by atoms with E-state index < -0.39 is 10.8 Å². The van der Waals surface area contributed by atoms with Gasteiger partial charge < -0.3 is 4.57 Å². The van der Waals surface area contributed by atoms with Crippen molar-refractivity contribution < 1.29 is 0 Å². The zero-order valence-electron chi connectivity index (χ0n) is 38.7. The molecule has 3 unspecified atom stereocenters. The Hall–Kier alpha value is -7.65. The lowest BCUT2D eigenvalue weighted by Crippen LogP contribution is -2.34. The molecule has 2 spiro atoms. The highest BCUT2D eigenvalue weighted by Gasteiger charge is 2.60. The lowest BCUT2D eigenvalue weighted by Gasteiger charge is -2.38. The highest BCUT2D eigenvalue weighted by Crippen LogP contribution is 2.70. The monoisotopic (exact) mass is 975 g/mol. The first-order valence-electron chi connectivity index (χ1n) is 24.8. The number of halogens is 3. The number of nitrogens with zero attached hydrogens (tertiary/aromatic N) is 1.